The van der Waals surface area contributed by atoms with E-state index in [-0.39, 0.29) is 25.0 Å². The Hall–Kier alpha value is -3.26. The molecule has 5 nitrogen and oxygen atoms in total. The molecule has 0 fully saturated rings. The number of carbonyl (C=O) groups is 1. The predicted octanol–water partition coefficient (Wildman–Crippen LogP) is 3.26. The van der Waals surface area contributed by atoms with Crippen LogP contribution in [0.5, 0.6) is 5.75 Å². The number of nitrogens with zero attached hydrogens (tertiary/aromatic N) is 1. The quantitative estimate of drug-likeness (QED) is 0.703. The van der Waals surface area contributed by atoms with Crippen LogP contribution in [0.15, 0.2) is 53.1 Å². The van der Waals surface area contributed by atoms with Gasteiger partial charge in [-0.3, -0.25) is 4.79 Å². The van der Waals surface area contributed by atoms with Crippen molar-refractivity contribution in [3.8, 4) is 18.1 Å². The minimum atomic E-state index is -0.167. The zero-order valence-corrected chi connectivity index (χ0v) is 13.9. The Kier molecular flexibility index (Phi) is 5.00. The zero-order valence-electron chi connectivity index (χ0n) is 13.9. The van der Waals surface area contributed by atoms with Crippen molar-refractivity contribution in [2.75, 3.05) is 6.61 Å². The highest BCUT2D eigenvalue weighted by molar-refractivity contribution is 5.86. The number of hydrogen-bond donors (Lipinski definition) is 1. The van der Waals surface area contributed by atoms with Gasteiger partial charge in [0.25, 0.3) is 0 Å². The summed E-state index contributed by atoms with van der Waals surface area (Å²) in [5.41, 5.74) is 2.25. The van der Waals surface area contributed by atoms with Crippen LogP contribution in [0.1, 0.15) is 24.2 Å². The molecule has 0 spiro atoms. The number of hydrogen-bond acceptors (Lipinski definition) is 4. The van der Waals surface area contributed by atoms with E-state index in [2.05, 4.69) is 16.4 Å². The van der Waals surface area contributed by atoms with Crippen LogP contribution >= 0.6 is 0 Å². The van der Waals surface area contributed by atoms with Crippen LogP contribution in [-0.4, -0.2) is 17.7 Å². The monoisotopic (exact) mass is 334 g/mol. The van der Waals surface area contributed by atoms with E-state index in [4.69, 9.17) is 15.7 Å². The third kappa shape index (κ3) is 3.99. The SMILES string of the molecule is C#CCOc1cccc([C@@H](C)NC(=O)Cc2noc3ccccc23)c1. The van der Waals surface area contributed by atoms with Crippen LogP contribution in [0, 0.1) is 12.3 Å². The number of para-hydroxylation sites is 1. The van der Waals surface area contributed by atoms with Gasteiger partial charge in [-0.05, 0) is 36.8 Å². The smallest absolute Gasteiger partial charge is 0.226 e. The predicted molar refractivity (Wildman–Crippen MR) is 95.0 cm³/mol. The molecule has 0 saturated heterocycles. The Morgan fingerprint density at radius 1 is 1.32 bits per heavy atom. The van der Waals surface area contributed by atoms with Gasteiger partial charge in [-0.1, -0.05) is 35.3 Å². The van der Waals surface area contributed by atoms with E-state index < -0.39 is 0 Å². The van der Waals surface area contributed by atoms with Crippen molar-refractivity contribution in [1.82, 2.24) is 10.5 Å². The highest BCUT2D eigenvalue weighted by Crippen LogP contribution is 2.21. The molecule has 0 bridgehead atoms. The van der Waals surface area contributed by atoms with E-state index in [1.807, 2.05) is 55.5 Å². The van der Waals surface area contributed by atoms with Crippen molar-refractivity contribution in [3.05, 3.63) is 59.8 Å². The lowest BCUT2D eigenvalue weighted by Crippen LogP contribution is -2.28. The number of aromatic nitrogens is 1. The van der Waals surface area contributed by atoms with Crippen molar-refractivity contribution in [1.29, 1.82) is 0 Å². The van der Waals surface area contributed by atoms with Crippen LogP contribution in [0.2, 0.25) is 0 Å². The summed E-state index contributed by atoms with van der Waals surface area (Å²) in [6.45, 7) is 2.13. The second kappa shape index (κ2) is 7.54. The summed E-state index contributed by atoms with van der Waals surface area (Å²) in [6, 6.07) is 14.8. The van der Waals surface area contributed by atoms with E-state index in [9.17, 15) is 4.79 Å². The molecule has 0 aliphatic rings. The van der Waals surface area contributed by atoms with Crippen LogP contribution in [0.3, 0.4) is 0 Å². The maximum absolute atomic E-state index is 12.3. The molecule has 0 radical (unpaired) electrons. The van der Waals surface area contributed by atoms with E-state index >= 15 is 0 Å². The second-order valence-corrected chi connectivity index (χ2v) is 5.66. The Morgan fingerprint density at radius 3 is 3.00 bits per heavy atom. The number of benzene rings is 2. The summed E-state index contributed by atoms with van der Waals surface area (Å²) in [4.78, 5) is 12.3. The molecular weight excluding hydrogens is 316 g/mol. The summed E-state index contributed by atoms with van der Waals surface area (Å²) in [7, 11) is 0. The minimum Gasteiger partial charge on any atom is -0.481 e. The van der Waals surface area contributed by atoms with Crippen LogP contribution < -0.4 is 10.1 Å². The summed E-state index contributed by atoms with van der Waals surface area (Å²) < 4.78 is 10.6. The first-order chi connectivity index (χ1) is 12.2. The Balaban J connectivity index is 1.65. The first-order valence-corrected chi connectivity index (χ1v) is 7.96. The van der Waals surface area contributed by atoms with Gasteiger partial charge in [-0.15, -0.1) is 6.42 Å². The van der Waals surface area contributed by atoms with Gasteiger partial charge in [0.05, 0.1) is 12.5 Å². The van der Waals surface area contributed by atoms with E-state index in [1.54, 1.807) is 0 Å². The van der Waals surface area contributed by atoms with Gasteiger partial charge in [-0.2, -0.15) is 0 Å². The number of rotatable bonds is 6. The minimum absolute atomic E-state index is 0.124. The molecule has 1 N–H and O–H groups in total. The molecule has 3 rings (SSSR count). The maximum Gasteiger partial charge on any atom is 0.226 e. The summed E-state index contributed by atoms with van der Waals surface area (Å²) in [5, 5.41) is 7.81. The van der Waals surface area contributed by atoms with Crippen molar-refractivity contribution in [3.63, 3.8) is 0 Å². The largest absolute Gasteiger partial charge is 0.481 e. The number of ether oxygens (including phenoxy) is 1. The van der Waals surface area contributed by atoms with Gasteiger partial charge in [-0.25, -0.2) is 0 Å². The topological polar surface area (TPSA) is 64.4 Å². The molecule has 3 aromatic rings. The van der Waals surface area contributed by atoms with E-state index in [0.717, 1.165) is 10.9 Å². The molecule has 1 aromatic heterocycles. The van der Waals surface area contributed by atoms with Crippen molar-refractivity contribution in [2.24, 2.45) is 0 Å². The zero-order chi connectivity index (χ0) is 17.6. The van der Waals surface area contributed by atoms with E-state index in [1.165, 1.54) is 0 Å². The number of carbonyl (C=O) groups excluding carboxylic acids is 1. The molecule has 1 amide bonds. The number of fused-ring (bicyclic) bond motifs is 1. The van der Waals surface area contributed by atoms with Crippen LogP contribution in [0.25, 0.3) is 11.0 Å². The highest BCUT2D eigenvalue weighted by Gasteiger charge is 2.15. The molecule has 0 unspecified atom stereocenters. The molecule has 25 heavy (non-hydrogen) atoms. The molecule has 0 aliphatic heterocycles. The number of amides is 1. The van der Waals surface area contributed by atoms with Gasteiger partial charge in [0, 0.05) is 5.39 Å². The van der Waals surface area contributed by atoms with Crippen LogP contribution in [0.4, 0.5) is 0 Å². The Morgan fingerprint density at radius 2 is 2.16 bits per heavy atom. The van der Waals surface area contributed by atoms with Crippen LogP contribution in [-0.2, 0) is 11.2 Å². The summed E-state index contributed by atoms with van der Waals surface area (Å²) in [5.74, 6) is 2.98. The average molecular weight is 334 g/mol. The average Bonchev–Trinajstić information content (AvgIpc) is 3.03. The summed E-state index contributed by atoms with van der Waals surface area (Å²) in [6.07, 6.45) is 5.36. The summed E-state index contributed by atoms with van der Waals surface area (Å²) >= 11 is 0. The fourth-order valence-electron chi connectivity index (χ4n) is 2.59. The lowest BCUT2D eigenvalue weighted by Gasteiger charge is -2.15. The molecule has 1 atom stereocenters. The standard InChI is InChI=1S/C20H18N2O3/c1-3-11-24-16-8-6-7-15(12-16)14(2)21-20(23)13-18-17-9-4-5-10-19(17)25-22-18/h1,4-10,12,14H,11,13H2,2H3,(H,21,23)/t14-/m1/s1. The number of nitrogens with one attached hydrogen (secondary N) is 1. The van der Waals surface area contributed by atoms with Gasteiger partial charge < -0.3 is 14.6 Å². The third-order valence-electron chi connectivity index (χ3n) is 3.84. The molecule has 126 valence electrons. The fraction of sp³-hybridized carbons (Fsp3) is 0.200. The molecular formula is C20H18N2O3. The van der Waals surface area contributed by atoms with Crippen molar-refractivity contribution < 1.29 is 14.1 Å². The van der Waals surface area contributed by atoms with E-state index in [0.29, 0.717) is 17.0 Å². The maximum atomic E-state index is 12.3. The van der Waals surface area contributed by atoms with Crippen molar-refractivity contribution in [2.45, 2.75) is 19.4 Å². The van der Waals surface area contributed by atoms with Gasteiger partial charge >= 0.3 is 0 Å². The molecule has 5 heteroatoms. The van der Waals surface area contributed by atoms with Gasteiger partial charge in [0.2, 0.25) is 5.91 Å². The Labute approximate surface area is 146 Å². The second-order valence-electron chi connectivity index (χ2n) is 5.66. The van der Waals surface area contributed by atoms with Gasteiger partial charge in [0.1, 0.15) is 18.1 Å². The first-order valence-electron chi connectivity index (χ1n) is 7.96. The molecule has 1 heterocycles. The van der Waals surface area contributed by atoms with Gasteiger partial charge in [0.15, 0.2) is 5.58 Å². The number of terminal acetylenes is 1. The van der Waals surface area contributed by atoms with Crippen molar-refractivity contribution >= 4 is 16.9 Å². The molecule has 0 saturated carbocycles. The Bertz CT molecular complexity index is 924. The first kappa shape index (κ1) is 16.6. The highest BCUT2D eigenvalue weighted by atomic mass is 16.5. The lowest BCUT2D eigenvalue weighted by atomic mass is 10.1. The lowest BCUT2D eigenvalue weighted by molar-refractivity contribution is -0.121. The fourth-order valence-corrected chi connectivity index (χ4v) is 2.59. The molecule has 2 aromatic carbocycles. The normalized spacial score (nSPS) is 11.7. The third-order valence-corrected chi connectivity index (χ3v) is 3.84. The molecule has 0 aliphatic carbocycles.